The number of aliphatic hydroxyl groups is 1. The maximum Gasteiger partial charge on any atom is 0.143 e. The largest absolute Gasteiger partial charge is 0.395 e. The lowest BCUT2D eigenvalue weighted by molar-refractivity contribution is 0.254. The summed E-state index contributed by atoms with van der Waals surface area (Å²) in [5, 5.41) is 19.0. The van der Waals surface area contributed by atoms with E-state index >= 15 is 0 Å². The minimum absolute atomic E-state index is 0.0203. The van der Waals surface area contributed by atoms with Crippen LogP contribution in [0.3, 0.4) is 0 Å². The predicted molar refractivity (Wildman–Crippen MR) is 116 cm³/mol. The highest BCUT2D eigenvalue weighted by Crippen LogP contribution is 2.53. The zero-order valence-corrected chi connectivity index (χ0v) is 17.7. The van der Waals surface area contributed by atoms with Gasteiger partial charge in [0.15, 0.2) is 0 Å². The molecule has 1 aromatic carbocycles. The van der Waals surface area contributed by atoms with E-state index < -0.39 is 0 Å². The summed E-state index contributed by atoms with van der Waals surface area (Å²) < 4.78 is 2.15. The number of rotatable bonds is 4. The van der Waals surface area contributed by atoms with E-state index in [1.165, 1.54) is 11.1 Å². The van der Waals surface area contributed by atoms with Gasteiger partial charge in [-0.25, -0.2) is 0 Å². The van der Waals surface area contributed by atoms with Gasteiger partial charge in [-0.2, -0.15) is 11.8 Å². The molecule has 6 heteroatoms. The summed E-state index contributed by atoms with van der Waals surface area (Å²) in [6.45, 7) is 5.29. The van der Waals surface area contributed by atoms with Gasteiger partial charge in [0, 0.05) is 35.2 Å². The molecule has 1 fully saturated rings. The maximum atomic E-state index is 9.81. The Balaban J connectivity index is 1.48. The Bertz CT molecular complexity index is 1040. The van der Waals surface area contributed by atoms with Crippen LogP contribution in [0.25, 0.3) is 11.3 Å². The number of aryl methyl sites for hydroxylation is 1. The first-order valence-corrected chi connectivity index (χ1v) is 11.2. The fourth-order valence-electron chi connectivity index (χ4n) is 4.43. The Morgan fingerprint density at radius 1 is 1.14 bits per heavy atom. The standard InChI is InChI=1S/C23H26N4OS/c1-16-4-3-11-24-20(16)17-5-7-18(8-6-17)23(9-10-23)21-26-25-19-14-22(2,15-28)29-13-12-27(19)21/h3-8,11,28H,9-10,12-15H2,1-2H3. The number of benzene rings is 1. The summed E-state index contributed by atoms with van der Waals surface area (Å²) >= 11 is 1.84. The fourth-order valence-corrected chi connectivity index (χ4v) is 5.52. The molecular formula is C23H26N4OS. The van der Waals surface area contributed by atoms with E-state index in [0.717, 1.165) is 54.5 Å². The number of hydrogen-bond donors (Lipinski definition) is 1. The molecule has 0 bridgehead atoms. The van der Waals surface area contributed by atoms with Gasteiger partial charge < -0.3 is 9.67 Å². The molecule has 150 valence electrons. The monoisotopic (exact) mass is 406 g/mol. The summed E-state index contributed by atoms with van der Waals surface area (Å²) in [5.74, 6) is 3.08. The van der Waals surface area contributed by atoms with Gasteiger partial charge in [0.1, 0.15) is 11.6 Å². The van der Waals surface area contributed by atoms with E-state index in [0.29, 0.717) is 0 Å². The van der Waals surface area contributed by atoms with E-state index in [-0.39, 0.29) is 16.8 Å². The number of aliphatic hydroxyl groups excluding tert-OH is 1. The number of nitrogens with zero attached hydrogens (tertiary/aromatic N) is 4. The SMILES string of the molecule is Cc1cccnc1-c1ccc(C2(c3nnc4n3CCSC(C)(CO)C4)CC2)cc1. The highest BCUT2D eigenvalue weighted by atomic mass is 32.2. The Morgan fingerprint density at radius 3 is 2.62 bits per heavy atom. The Hall–Kier alpha value is -2.18. The van der Waals surface area contributed by atoms with E-state index in [4.69, 9.17) is 0 Å². The van der Waals surface area contributed by atoms with Crippen molar-refractivity contribution in [2.24, 2.45) is 0 Å². The molecule has 1 N–H and O–H groups in total. The van der Waals surface area contributed by atoms with Gasteiger partial charge >= 0.3 is 0 Å². The lowest BCUT2D eigenvalue weighted by Gasteiger charge is -2.23. The van der Waals surface area contributed by atoms with E-state index in [9.17, 15) is 5.11 Å². The molecule has 2 aliphatic rings. The predicted octanol–water partition coefficient (Wildman–Crippen LogP) is 3.77. The lowest BCUT2D eigenvalue weighted by Crippen LogP contribution is -2.28. The minimum Gasteiger partial charge on any atom is -0.395 e. The van der Waals surface area contributed by atoms with E-state index in [1.807, 2.05) is 24.0 Å². The Labute approximate surface area is 175 Å². The summed E-state index contributed by atoms with van der Waals surface area (Å²) in [6.07, 6.45) is 4.83. The first-order valence-electron chi connectivity index (χ1n) is 10.2. The van der Waals surface area contributed by atoms with Crippen molar-refractivity contribution in [3.8, 4) is 11.3 Å². The van der Waals surface area contributed by atoms with Crippen molar-refractivity contribution < 1.29 is 5.11 Å². The second kappa shape index (κ2) is 6.96. The van der Waals surface area contributed by atoms with Gasteiger partial charge in [-0.05, 0) is 43.9 Å². The van der Waals surface area contributed by atoms with Gasteiger partial charge in [0.2, 0.25) is 0 Å². The molecule has 1 atom stereocenters. The average molecular weight is 407 g/mol. The number of thioether (sulfide) groups is 1. The molecule has 5 nitrogen and oxygen atoms in total. The van der Waals surface area contributed by atoms with Crippen LogP contribution >= 0.6 is 11.8 Å². The van der Waals surface area contributed by atoms with Crippen LogP contribution in [0, 0.1) is 6.92 Å². The first kappa shape index (κ1) is 18.8. The maximum absolute atomic E-state index is 9.81. The molecule has 29 heavy (non-hydrogen) atoms. The van der Waals surface area contributed by atoms with Crippen molar-refractivity contribution in [3.63, 3.8) is 0 Å². The molecular weight excluding hydrogens is 380 g/mol. The highest BCUT2D eigenvalue weighted by molar-refractivity contribution is 8.00. The van der Waals surface area contributed by atoms with Crippen LogP contribution in [0.4, 0.5) is 0 Å². The normalized spacial score (nSPS) is 22.7. The fraction of sp³-hybridized carbons (Fsp3) is 0.435. The van der Waals surface area contributed by atoms with Crippen LogP contribution in [0.15, 0.2) is 42.6 Å². The molecule has 0 amide bonds. The molecule has 1 saturated carbocycles. The second-order valence-corrected chi connectivity index (χ2v) is 10.2. The first-order chi connectivity index (χ1) is 14.0. The molecule has 3 aromatic rings. The van der Waals surface area contributed by atoms with Crippen LogP contribution in [0.2, 0.25) is 0 Å². The van der Waals surface area contributed by atoms with Crippen molar-refractivity contribution in [2.45, 2.75) is 49.8 Å². The third-order valence-corrected chi connectivity index (χ3v) is 7.71. The average Bonchev–Trinajstić information content (AvgIpc) is 3.48. The molecule has 0 spiro atoms. The summed E-state index contributed by atoms with van der Waals surface area (Å²) in [6, 6.07) is 12.9. The van der Waals surface area contributed by atoms with Gasteiger partial charge in [-0.1, -0.05) is 30.3 Å². The smallest absolute Gasteiger partial charge is 0.143 e. The van der Waals surface area contributed by atoms with Crippen molar-refractivity contribution in [1.82, 2.24) is 19.7 Å². The number of aromatic nitrogens is 4. The van der Waals surface area contributed by atoms with Crippen molar-refractivity contribution in [1.29, 1.82) is 0 Å². The molecule has 2 aromatic heterocycles. The highest BCUT2D eigenvalue weighted by Gasteiger charge is 2.50. The minimum atomic E-state index is -0.169. The summed E-state index contributed by atoms with van der Waals surface area (Å²) in [5.41, 5.74) is 4.67. The van der Waals surface area contributed by atoms with Crippen LogP contribution in [-0.4, -0.2) is 42.0 Å². The molecule has 1 aliphatic carbocycles. The van der Waals surface area contributed by atoms with E-state index in [1.54, 1.807) is 0 Å². The zero-order valence-electron chi connectivity index (χ0n) is 16.9. The molecule has 0 saturated heterocycles. The van der Waals surface area contributed by atoms with Crippen LogP contribution in [0.1, 0.15) is 42.5 Å². The van der Waals surface area contributed by atoms with Crippen LogP contribution in [-0.2, 0) is 18.4 Å². The van der Waals surface area contributed by atoms with Gasteiger partial charge in [-0.15, -0.1) is 10.2 Å². The van der Waals surface area contributed by atoms with Gasteiger partial charge in [0.05, 0.1) is 17.7 Å². The third-order valence-electron chi connectivity index (χ3n) is 6.36. The number of fused-ring (bicyclic) bond motifs is 1. The molecule has 1 aliphatic heterocycles. The van der Waals surface area contributed by atoms with Crippen LogP contribution in [0.5, 0.6) is 0 Å². The van der Waals surface area contributed by atoms with Crippen molar-refractivity contribution in [2.75, 3.05) is 12.4 Å². The number of hydrogen-bond acceptors (Lipinski definition) is 5. The van der Waals surface area contributed by atoms with Crippen molar-refractivity contribution in [3.05, 3.63) is 65.4 Å². The molecule has 5 rings (SSSR count). The van der Waals surface area contributed by atoms with Crippen LogP contribution < -0.4 is 0 Å². The molecule has 3 heterocycles. The topological polar surface area (TPSA) is 63.8 Å². The quantitative estimate of drug-likeness (QED) is 0.715. The van der Waals surface area contributed by atoms with Gasteiger partial charge in [0.25, 0.3) is 0 Å². The zero-order chi connectivity index (χ0) is 20.1. The molecule has 0 radical (unpaired) electrons. The summed E-state index contributed by atoms with van der Waals surface area (Å²) in [4.78, 5) is 4.55. The third kappa shape index (κ3) is 3.19. The van der Waals surface area contributed by atoms with Gasteiger partial charge in [-0.3, -0.25) is 4.98 Å². The Kier molecular flexibility index (Phi) is 4.51. The van der Waals surface area contributed by atoms with E-state index in [2.05, 4.69) is 63.9 Å². The Morgan fingerprint density at radius 2 is 1.93 bits per heavy atom. The summed E-state index contributed by atoms with van der Waals surface area (Å²) in [7, 11) is 0. The lowest BCUT2D eigenvalue weighted by atomic mass is 9.93. The van der Waals surface area contributed by atoms with Crippen molar-refractivity contribution >= 4 is 11.8 Å². The second-order valence-electron chi connectivity index (χ2n) is 8.55. The molecule has 1 unspecified atom stereocenters. The number of pyridine rings is 1.